The molecule has 6 nitrogen and oxygen atoms in total. The summed E-state index contributed by atoms with van der Waals surface area (Å²) < 4.78 is 12.0. The number of aliphatic hydroxyl groups excluding tert-OH is 1. The van der Waals surface area contributed by atoms with E-state index in [1.807, 2.05) is 31.3 Å². The van der Waals surface area contributed by atoms with E-state index >= 15 is 0 Å². The van der Waals surface area contributed by atoms with Crippen molar-refractivity contribution in [1.29, 1.82) is 0 Å². The first kappa shape index (κ1) is 22.8. The largest absolute Gasteiger partial charge is 0.493 e. The monoisotopic (exact) mass is 453 g/mol. The van der Waals surface area contributed by atoms with Gasteiger partial charge < -0.3 is 19.5 Å². The van der Waals surface area contributed by atoms with Crippen LogP contribution in [-0.4, -0.2) is 65.1 Å². The van der Waals surface area contributed by atoms with Crippen LogP contribution in [0.5, 0.6) is 11.5 Å². The molecule has 0 saturated carbocycles. The Bertz CT molecular complexity index is 954. The number of aliphatic hydroxyl groups is 1. The second-order valence-electron chi connectivity index (χ2n) is 8.16. The number of anilines is 1. The normalized spacial score (nSPS) is 23.8. The molecule has 0 aliphatic carbocycles. The number of hydrogen-bond acceptors (Lipinski definition) is 7. The predicted molar refractivity (Wildman–Crippen MR) is 129 cm³/mol. The fourth-order valence-corrected chi connectivity index (χ4v) is 5.57. The van der Waals surface area contributed by atoms with Gasteiger partial charge >= 0.3 is 0 Å². The molecule has 2 fully saturated rings. The number of piperazine rings is 1. The quantitative estimate of drug-likeness (QED) is 0.673. The summed E-state index contributed by atoms with van der Waals surface area (Å²) in [5.41, 5.74) is 1.17. The molecule has 0 amide bonds. The highest BCUT2D eigenvalue weighted by atomic mass is 32.2. The van der Waals surface area contributed by atoms with Gasteiger partial charge in [0.25, 0.3) is 0 Å². The third-order valence-corrected chi connectivity index (χ3v) is 7.12. The number of hydrogen-bond donors (Lipinski definition) is 1. The lowest BCUT2D eigenvalue weighted by Gasteiger charge is -2.36. The Morgan fingerprint density at radius 3 is 2.72 bits per heavy atom. The summed E-state index contributed by atoms with van der Waals surface area (Å²) in [6, 6.07) is 12.2. The molecule has 2 aliphatic rings. The van der Waals surface area contributed by atoms with Crippen LogP contribution in [0.1, 0.15) is 25.3 Å². The fourth-order valence-electron chi connectivity index (χ4n) is 4.22. The van der Waals surface area contributed by atoms with Crippen molar-refractivity contribution in [3.05, 3.63) is 48.2 Å². The van der Waals surface area contributed by atoms with Crippen LogP contribution in [0.15, 0.2) is 42.6 Å². The van der Waals surface area contributed by atoms with Crippen molar-refractivity contribution < 1.29 is 14.6 Å². The standard InChI is InChI=1S/C25H31N3O3S/c1-3-10-25(18-21(29)9-16-32-25)31-23-17-20(7-8-22(23)30-2)19-27-12-14-28(15-13-27)24-6-4-5-11-26-24/h4-8,11,17,21,29H,9,12-16,18-19H2,1-2H3. The van der Waals surface area contributed by atoms with Crippen molar-refractivity contribution in [3.8, 4) is 23.3 Å². The summed E-state index contributed by atoms with van der Waals surface area (Å²) in [5.74, 6) is 9.42. The van der Waals surface area contributed by atoms with E-state index in [1.54, 1.807) is 18.9 Å². The van der Waals surface area contributed by atoms with E-state index in [0.717, 1.165) is 50.7 Å². The van der Waals surface area contributed by atoms with Gasteiger partial charge in [-0.25, -0.2) is 4.98 Å². The highest BCUT2D eigenvalue weighted by molar-refractivity contribution is 8.00. The van der Waals surface area contributed by atoms with Crippen LogP contribution in [0.3, 0.4) is 0 Å². The number of methoxy groups -OCH3 is 1. The Morgan fingerprint density at radius 1 is 1.19 bits per heavy atom. The number of ether oxygens (including phenoxy) is 2. The van der Waals surface area contributed by atoms with Gasteiger partial charge in [0.1, 0.15) is 5.82 Å². The Labute approximate surface area is 194 Å². The molecule has 2 atom stereocenters. The van der Waals surface area contributed by atoms with Gasteiger partial charge in [0.2, 0.25) is 4.93 Å². The van der Waals surface area contributed by atoms with Gasteiger partial charge in [0.15, 0.2) is 11.5 Å². The van der Waals surface area contributed by atoms with E-state index in [2.05, 4.69) is 44.8 Å². The summed E-state index contributed by atoms with van der Waals surface area (Å²) in [7, 11) is 1.65. The summed E-state index contributed by atoms with van der Waals surface area (Å²) in [6.45, 7) is 6.53. The van der Waals surface area contributed by atoms with Crippen molar-refractivity contribution in [1.82, 2.24) is 9.88 Å². The molecule has 1 aromatic carbocycles. The zero-order chi connectivity index (χ0) is 22.4. The Morgan fingerprint density at radius 2 is 2.03 bits per heavy atom. The van der Waals surface area contributed by atoms with Crippen LogP contribution in [0.25, 0.3) is 0 Å². The van der Waals surface area contributed by atoms with Crippen molar-refractivity contribution >= 4 is 17.6 Å². The third kappa shape index (κ3) is 5.50. The van der Waals surface area contributed by atoms with Crippen LogP contribution in [0.2, 0.25) is 0 Å². The van der Waals surface area contributed by atoms with Crippen molar-refractivity contribution in [3.63, 3.8) is 0 Å². The third-order valence-electron chi connectivity index (χ3n) is 5.86. The number of benzene rings is 1. The zero-order valence-electron chi connectivity index (χ0n) is 18.8. The van der Waals surface area contributed by atoms with E-state index in [9.17, 15) is 5.11 Å². The number of thioether (sulfide) groups is 1. The second kappa shape index (κ2) is 10.5. The van der Waals surface area contributed by atoms with Crippen molar-refractivity contribution in [2.45, 2.75) is 37.3 Å². The molecule has 2 saturated heterocycles. The molecule has 2 aliphatic heterocycles. The minimum Gasteiger partial charge on any atom is -0.493 e. The molecule has 32 heavy (non-hydrogen) atoms. The molecular formula is C25H31N3O3S. The Kier molecular flexibility index (Phi) is 7.46. The van der Waals surface area contributed by atoms with E-state index in [-0.39, 0.29) is 0 Å². The highest BCUT2D eigenvalue weighted by Gasteiger charge is 2.38. The lowest BCUT2D eigenvalue weighted by atomic mass is 10.1. The number of pyridine rings is 1. The Hall–Kier alpha value is -2.40. The van der Waals surface area contributed by atoms with E-state index < -0.39 is 11.0 Å². The van der Waals surface area contributed by atoms with Gasteiger partial charge in [-0.1, -0.05) is 12.1 Å². The molecule has 4 rings (SSSR count). The van der Waals surface area contributed by atoms with Gasteiger partial charge in [0, 0.05) is 51.1 Å². The molecule has 1 N–H and O–H groups in total. The molecule has 0 radical (unpaired) electrons. The van der Waals surface area contributed by atoms with Gasteiger partial charge in [-0.15, -0.1) is 17.7 Å². The van der Waals surface area contributed by atoms with Gasteiger partial charge in [-0.05, 0) is 49.1 Å². The van der Waals surface area contributed by atoms with Gasteiger partial charge in [-0.3, -0.25) is 4.90 Å². The minimum atomic E-state index is -0.743. The fraction of sp³-hybridized carbons (Fsp3) is 0.480. The first-order valence-electron chi connectivity index (χ1n) is 11.1. The topological polar surface area (TPSA) is 58.1 Å². The summed E-state index contributed by atoms with van der Waals surface area (Å²) in [6.07, 6.45) is 2.70. The van der Waals surface area contributed by atoms with Crippen LogP contribution >= 0.6 is 11.8 Å². The first-order valence-corrected chi connectivity index (χ1v) is 12.1. The SMILES string of the molecule is CC#CC1(Oc2cc(CN3CCN(c4ccccn4)CC3)ccc2OC)CC(O)CCS1. The lowest BCUT2D eigenvalue weighted by molar-refractivity contribution is 0.0923. The zero-order valence-corrected chi connectivity index (χ0v) is 19.6. The maximum absolute atomic E-state index is 10.2. The number of rotatable bonds is 6. The molecule has 7 heteroatoms. The summed E-state index contributed by atoms with van der Waals surface area (Å²) >= 11 is 1.66. The minimum absolute atomic E-state index is 0.401. The molecule has 3 heterocycles. The van der Waals surface area contributed by atoms with Crippen LogP contribution < -0.4 is 14.4 Å². The molecule has 1 aromatic heterocycles. The lowest BCUT2D eigenvalue weighted by Crippen LogP contribution is -2.46. The maximum Gasteiger partial charge on any atom is 0.218 e. The predicted octanol–water partition coefficient (Wildman–Crippen LogP) is 3.40. The first-order chi connectivity index (χ1) is 15.6. The van der Waals surface area contributed by atoms with E-state index in [0.29, 0.717) is 17.9 Å². The van der Waals surface area contributed by atoms with E-state index in [4.69, 9.17) is 9.47 Å². The Balaban J connectivity index is 1.44. The molecule has 170 valence electrons. The van der Waals surface area contributed by atoms with Crippen LogP contribution in [0, 0.1) is 11.8 Å². The van der Waals surface area contributed by atoms with Crippen LogP contribution in [-0.2, 0) is 6.54 Å². The van der Waals surface area contributed by atoms with E-state index in [1.165, 1.54) is 5.56 Å². The number of aromatic nitrogens is 1. The summed E-state index contributed by atoms with van der Waals surface area (Å²) in [5, 5.41) is 10.2. The molecule has 2 aromatic rings. The van der Waals surface area contributed by atoms with Crippen molar-refractivity contribution in [2.75, 3.05) is 43.9 Å². The average Bonchev–Trinajstić information content (AvgIpc) is 2.80. The van der Waals surface area contributed by atoms with Crippen LogP contribution in [0.4, 0.5) is 5.82 Å². The maximum atomic E-state index is 10.2. The smallest absolute Gasteiger partial charge is 0.218 e. The molecule has 0 spiro atoms. The van der Waals surface area contributed by atoms with Gasteiger partial charge in [0.05, 0.1) is 13.2 Å². The summed E-state index contributed by atoms with van der Waals surface area (Å²) in [4.78, 5) is 8.51. The molecule has 2 unspecified atom stereocenters. The molecular weight excluding hydrogens is 422 g/mol. The highest BCUT2D eigenvalue weighted by Crippen LogP contribution is 2.41. The average molecular weight is 454 g/mol. The van der Waals surface area contributed by atoms with Crippen molar-refractivity contribution in [2.24, 2.45) is 0 Å². The number of nitrogens with zero attached hydrogens (tertiary/aromatic N) is 3. The second-order valence-corrected chi connectivity index (χ2v) is 9.52. The molecule has 0 bridgehead atoms. The van der Waals surface area contributed by atoms with Gasteiger partial charge in [-0.2, -0.15) is 0 Å².